The third-order valence-electron chi connectivity index (χ3n) is 11.1. The Morgan fingerprint density at radius 2 is 0.982 bits per heavy atom. The van der Waals surface area contributed by atoms with E-state index in [-0.39, 0.29) is 0 Å². The van der Waals surface area contributed by atoms with Gasteiger partial charge in [0.1, 0.15) is 11.2 Å². The molecular formula is C51H30N4OS. The average molecular weight is 747 g/mol. The zero-order valence-electron chi connectivity index (χ0n) is 30.4. The molecule has 0 aliphatic rings. The topological polar surface area (TPSA) is 56.7 Å². The predicted octanol–water partition coefficient (Wildman–Crippen LogP) is 13.9. The number of hydrogen-bond acceptors (Lipinski definition) is 5. The predicted molar refractivity (Wildman–Crippen MR) is 236 cm³/mol. The van der Waals surface area contributed by atoms with Crippen molar-refractivity contribution in [2.45, 2.75) is 0 Å². The van der Waals surface area contributed by atoms with Gasteiger partial charge in [-0.3, -0.25) is 0 Å². The van der Waals surface area contributed by atoms with Crippen LogP contribution in [0.4, 0.5) is 0 Å². The number of benzene rings is 8. The van der Waals surface area contributed by atoms with Crippen molar-refractivity contribution in [3.05, 3.63) is 182 Å². The average Bonchev–Trinajstić information content (AvgIpc) is 3.96. The fourth-order valence-corrected chi connectivity index (χ4v) is 9.72. The number of furan rings is 1. The van der Waals surface area contributed by atoms with Crippen LogP contribution in [0, 0.1) is 0 Å². The summed E-state index contributed by atoms with van der Waals surface area (Å²) in [6.07, 6.45) is 0. The molecule has 12 aromatic rings. The highest BCUT2D eigenvalue weighted by Gasteiger charge is 2.21. The van der Waals surface area contributed by atoms with Crippen molar-refractivity contribution in [1.29, 1.82) is 0 Å². The van der Waals surface area contributed by atoms with Crippen LogP contribution in [0.1, 0.15) is 0 Å². The van der Waals surface area contributed by atoms with Gasteiger partial charge in [-0.25, -0.2) is 15.0 Å². The molecule has 0 spiro atoms. The van der Waals surface area contributed by atoms with Crippen LogP contribution < -0.4 is 0 Å². The van der Waals surface area contributed by atoms with E-state index >= 15 is 0 Å². The van der Waals surface area contributed by atoms with Crippen LogP contribution in [0.2, 0.25) is 0 Å². The maximum atomic E-state index is 6.83. The van der Waals surface area contributed by atoms with Crippen LogP contribution in [0.5, 0.6) is 0 Å². The minimum absolute atomic E-state index is 0.604. The molecule has 4 heterocycles. The van der Waals surface area contributed by atoms with Crippen LogP contribution in [-0.2, 0) is 0 Å². The minimum Gasteiger partial charge on any atom is -0.455 e. The lowest BCUT2D eigenvalue weighted by Crippen LogP contribution is -2.00. The molecule has 4 aromatic heterocycles. The first-order chi connectivity index (χ1) is 28.3. The molecule has 0 unspecified atom stereocenters. The molecule has 0 radical (unpaired) electrons. The fraction of sp³-hybridized carbons (Fsp3) is 0. The third kappa shape index (κ3) is 4.98. The number of rotatable bonds is 5. The van der Waals surface area contributed by atoms with Crippen LogP contribution in [0.3, 0.4) is 0 Å². The summed E-state index contributed by atoms with van der Waals surface area (Å²) in [4.78, 5) is 15.1. The van der Waals surface area contributed by atoms with E-state index in [9.17, 15) is 0 Å². The van der Waals surface area contributed by atoms with Gasteiger partial charge in [0.25, 0.3) is 0 Å². The van der Waals surface area contributed by atoms with Gasteiger partial charge in [0.15, 0.2) is 17.5 Å². The summed E-state index contributed by atoms with van der Waals surface area (Å²) in [5, 5.41) is 7.00. The molecule has 5 nitrogen and oxygen atoms in total. The van der Waals surface area contributed by atoms with E-state index in [0.29, 0.717) is 17.5 Å². The minimum atomic E-state index is 0.604. The normalized spacial score (nSPS) is 11.9. The molecule has 0 N–H and O–H groups in total. The number of hydrogen-bond donors (Lipinski definition) is 0. The zero-order chi connectivity index (χ0) is 37.5. The molecule has 0 aliphatic carbocycles. The molecule has 266 valence electrons. The Bertz CT molecular complexity index is 3420. The van der Waals surface area contributed by atoms with Crippen LogP contribution in [0.15, 0.2) is 186 Å². The van der Waals surface area contributed by atoms with Gasteiger partial charge in [0, 0.05) is 75.2 Å². The second-order valence-corrected chi connectivity index (χ2v) is 15.4. The highest BCUT2D eigenvalue weighted by molar-refractivity contribution is 7.26. The van der Waals surface area contributed by atoms with Gasteiger partial charge in [-0.05, 0) is 36.4 Å². The molecule has 57 heavy (non-hydrogen) atoms. The lowest BCUT2D eigenvalue weighted by Gasteiger charge is -2.09. The Balaban J connectivity index is 1.04. The molecule has 12 rings (SSSR count). The molecule has 0 saturated heterocycles. The van der Waals surface area contributed by atoms with Crippen molar-refractivity contribution in [2.75, 3.05) is 0 Å². The van der Waals surface area contributed by atoms with Crippen molar-refractivity contribution < 1.29 is 4.42 Å². The SMILES string of the molecule is c1ccc(-c2nc(-c3ccccc3)nc(-c3cccc4oc5c(-c6cccc7c6sc6ccc(-n8c9ccccc9c9ccccc98)cc67)cccc5c34)n2)cc1. The summed E-state index contributed by atoms with van der Waals surface area (Å²) in [6, 6.07) is 63.7. The molecule has 0 atom stereocenters. The van der Waals surface area contributed by atoms with E-state index in [2.05, 4.69) is 114 Å². The highest BCUT2D eigenvalue weighted by atomic mass is 32.1. The monoisotopic (exact) mass is 746 g/mol. The summed E-state index contributed by atoms with van der Waals surface area (Å²) in [7, 11) is 0. The zero-order valence-corrected chi connectivity index (χ0v) is 31.2. The molecule has 0 aliphatic heterocycles. The van der Waals surface area contributed by atoms with Crippen molar-refractivity contribution in [2.24, 2.45) is 0 Å². The lowest BCUT2D eigenvalue weighted by molar-refractivity contribution is 0.670. The van der Waals surface area contributed by atoms with E-state index in [4.69, 9.17) is 19.4 Å². The maximum absolute atomic E-state index is 6.83. The number of para-hydroxylation sites is 3. The maximum Gasteiger partial charge on any atom is 0.164 e. The molecule has 6 heteroatoms. The molecule has 0 fully saturated rings. The van der Waals surface area contributed by atoms with E-state index < -0.39 is 0 Å². The smallest absolute Gasteiger partial charge is 0.164 e. The Kier molecular flexibility index (Phi) is 7.03. The van der Waals surface area contributed by atoms with E-state index in [1.165, 1.54) is 42.0 Å². The molecule has 8 aromatic carbocycles. The largest absolute Gasteiger partial charge is 0.455 e. The number of nitrogens with zero attached hydrogens (tertiary/aromatic N) is 4. The van der Waals surface area contributed by atoms with Gasteiger partial charge in [-0.1, -0.05) is 146 Å². The summed E-state index contributed by atoms with van der Waals surface area (Å²) in [5.74, 6) is 1.86. The molecule has 0 bridgehead atoms. The van der Waals surface area contributed by atoms with Crippen molar-refractivity contribution >= 4 is 75.3 Å². The number of aromatic nitrogens is 4. The second kappa shape index (κ2) is 12.6. The van der Waals surface area contributed by atoms with Crippen LogP contribution in [-0.4, -0.2) is 19.5 Å². The van der Waals surface area contributed by atoms with E-state index in [1.807, 2.05) is 84.1 Å². The van der Waals surface area contributed by atoms with Crippen LogP contribution in [0.25, 0.3) is 115 Å². The summed E-state index contributed by atoms with van der Waals surface area (Å²) in [6.45, 7) is 0. The van der Waals surface area contributed by atoms with Gasteiger partial charge in [0.2, 0.25) is 0 Å². The van der Waals surface area contributed by atoms with Gasteiger partial charge in [-0.15, -0.1) is 11.3 Å². The Hall–Kier alpha value is -7.41. The van der Waals surface area contributed by atoms with E-state index in [1.54, 1.807) is 0 Å². The lowest BCUT2D eigenvalue weighted by atomic mass is 9.99. The Morgan fingerprint density at radius 1 is 0.421 bits per heavy atom. The van der Waals surface area contributed by atoms with Crippen molar-refractivity contribution in [3.8, 4) is 51.0 Å². The third-order valence-corrected chi connectivity index (χ3v) is 12.3. The van der Waals surface area contributed by atoms with Gasteiger partial charge in [-0.2, -0.15) is 0 Å². The van der Waals surface area contributed by atoms with Crippen molar-refractivity contribution in [3.63, 3.8) is 0 Å². The summed E-state index contributed by atoms with van der Waals surface area (Å²) >= 11 is 1.83. The highest BCUT2D eigenvalue weighted by Crippen LogP contribution is 2.45. The summed E-state index contributed by atoms with van der Waals surface area (Å²) in [5.41, 5.74) is 10.2. The quantitative estimate of drug-likeness (QED) is 0.176. The van der Waals surface area contributed by atoms with Gasteiger partial charge in [0.05, 0.1) is 11.0 Å². The van der Waals surface area contributed by atoms with Crippen molar-refractivity contribution in [1.82, 2.24) is 19.5 Å². The molecule has 0 amide bonds. The van der Waals surface area contributed by atoms with Gasteiger partial charge < -0.3 is 8.98 Å². The number of thiophene rings is 1. The fourth-order valence-electron chi connectivity index (χ4n) is 8.51. The first-order valence-corrected chi connectivity index (χ1v) is 19.8. The number of fused-ring (bicyclic) bond motifs is 9. The standard InChI is InChI=1S/C51H30N4OS/c1-3-14-31(15-4-1)49-52-50(32-16-5-2-6-17-32)54-51(53-49)40-24-13-27-44-46(40)39-23-11-20-36(47(39)56-44)37-21-12-22-38-41-30-33(28-29-45(41)57-48(37)38)55-42-25-9-7-18-34(42)35-19-8-10-26-43(35)55/h1-30H. The van der Waals surface area contributed by atoms with E-state index in [0.717, 1.165) is 55.4 Å². The first-order valence-electron chi connectivity index (χ1n) is 19.0. The molecular weight excluding hydrogens is 717 g/mol. The molecule has 0 saturated carbocycles. The summed E-state index contributed by atoms with van der Waals surface area (Å²) < 4.78 is 11.7. The Morgan fingerprint density at radius 3 is 1.68 bits per heavy atom. The first kappa shape index (κ1) is 31.9. The Labute approximate surface area is 330 Å². The van der Waals surface area contributed by atoms with Crippen LogP contribution >= 0.6 is 11.3 Å². The second-order valence-electron chi connectivity index (χ2n) is 14.3. The van der Waals surface area contributed by atoms with Gasteiger partial charge >= 0.3 is 0 Å².